The Morgan fingerprint density at radius 1 is 0.689 bits per heavy atom. The molecule has 0 saturated carbocycles. The van der Waals surface area contributed by atoms with Gasteiger partial charge in [-0.05, 0) is 35.4 Å². The Morgan fingerprint density at radius 3 is 1.62 bits per heavy atom. The molecule has 10 N–H and O–H groups in total. The molecule has 4 atom stereocenters. The van der Waals surface area contributed by atoms with Crippen LogP contribution in [0.5, 0.6) is 11.5 Å². The minimum atomic E-state index is -4.84. The Bertz CT molecular complexity index is 1510. The van der Waals surface area contributed by atoms with Crippen LogP contribution in [0.4, 0.5) is 0 Å². The van der Waals surface area contributed by atoms with E-state index in [0.29, 0.717) is 5.56 Å². The summed E-state index contributed by atoms with van der Waals surface area (Å²) in [6, 6.07) is 3.39. The molecule has 0 spiro atoms. The van der Waals surface area contributed by atoms with Crippen LogP contribution in [0.3, 0.4) is 0 Å². The second kappa shape index (κ2) is 16.0. The first-order valence-corrected chi connectivity index (χ1v) is 14.2. The number of benzene rings is 2. The molecule has 2 aromatic rings. The Balaban J connectivity index is 2.30. The predicted octanol–water partition coefficient (Wildman–Crippen LogP) is -1.83. The van der Waals surface area contributed by atoms with Crippen molar-refractivity contribution in [3.63, 3.8) is 0 Å². The van der Waals surface area contributed by atoms with Crippen molar-refractivity contribution in [3.8, 4) is 11.5 Å². The Kier molecular flexibility index (Phi) is 12.8. The quantitative estimate of drug-likeness (QED) is 0.0848. The highest BCUT2D eigenvalue weighted by atomic mass is 32.3. The van der Waals surface area contributed by atoms with E-state index in [1.54, 1.807) is 0 Å². The number of amides is 3. The molecule has 19 heteroatoms. The molecule has 0 aliphatic carbocycles. The van der Waals surface area contributed by atoms with Gasteiger partial charge in [-0.2, -0.15) is 8.42 Å². The van der Waals surface area contributed by atoms with Gasteiger partial charge in [0.15, 0.2) is 0 Å². The molecule has 0 unspecified atom stereocenters. The number of phenolic OH excluding ortho intramolecular Hbond substituents is 1. The summed E-state index contributed by atoms with van der Waals surface area (Å²) in [5.74, 6) is -8.31. The van der Waals surface area contributed by atoms with Crippen LogP contribution in [0.1, 0.15) is 24.0 Å². The fraction of sp³-hybridized carbons (Fsp3) is 0.308. The third-order valence-electron chi connectivity index (χ3n) is 5.93. The van der Waals surface area contributed by atoms with Gasteiger partial charge in [0.1, 0.15) is 29.6 Å². The molecule has 0 aliphatic heterocycles. The van der Waals surface area contributed by atoms with Gasteiger partial charge >= 0.3 is 28.3 Å². The van der Waals surface area contributed by atoms with Gasteiger partial charge in [-0.1, -0.05) is 24.3 Å². The molecule has 2 aromatic carbocycles. The molecular weight excluding hydrogens is 624 g/mol. The van der Waals surface area contributed by atoms with Gasteiger partial charge in [0.2, 0.25) is 17.7 Å². The van der Waals surface area contributed by atoms with Gasteiger partial charge in [0.25, 0.3) is 0 Å². The summed E-state index contributed by atoms with van der Waals surface area (Å²) in [7, 11) is -4.84. The average molecular weight is 655 g/mol. The number of carbonyl (C=O) groups is 6. The number of aromatic hydroxyl groups is 1. The lowest BCUT2D eigenvalue weighted by atomic mass is 10.0. The summed E-state index contributed by atoms with van der Waals surface area (Å²) in [5.41, 5.74) is 6.21. The SMILES string of the molecule is N[C@@H](CC(=O)O)C(=O)N[C@@H](Cc1ccc(OS(=O)(=O)O)cc1)C(=O)N[C@@H](CC(=O)O)C(=O)N[C@@H](Cc1ccc(O)cc1)C(=O)O. The van der Waals surface area contributed by atoms with E-state index in [-0.39, 0.29) is 29.9 Å². The van der Waals surface area contributed by atoms with Crippen molar-refractivity contribution in [1.29, 1.82) is 0 Å². The summed E-state index contributed by atoms with van der Waals surface area (Å²) in [5, 5.41) is 43.8. The van der Waals surface area contributed by atoms with E-state index >= 15 is 0 Å². The van der Waals surface area contributed by atoms with Crippen LogP contribution in [0.2, 0.25) is 0 Å². The van der Waals surface area contributed by atoms with Crippen molar-refractivity contribution >= 4 is 46.0 Å². The zero-order valence-corrected chi connectivity index (χ0v) is 24.0. The second-order valence-corrected chi connectivity index (χ2v) is 10.6. The van der Waals surface area contributed by atoms with Crippen molar-refractivity contribution in [2.24, 2.45) is 5.73 Å². The number of hydrogen-bond donors (Lipinski definition) is 9. The minimum absolute atomic E-state index is 0.0909. The first-order valence-electron chi connectivity index (χ1n) is 12.8. The smallest absolute Gasteiger partial charge is 0.446 e. The van der Waals surface area contributed by atoms with Gasteiger partial charge < -0.3 is 46.3 Å². The van der Waals surface area contributed by atoms with Crippen LogP contribution >= 0.6 is 0 Å². The molecule has 244 valence electrons. The third-order valence-corrected chi connectivity index (χ3v) is 6.33. The fourth-order valence-electron chi connectivity index (χ4n) is 3.80. The van der Waals surface area contributed by atoms with Crippen LogP contribution in [0, 0.1) is 0 Å². The van der Waals surface area contributed by atoms with Gasteiger partial charge in [0, 0.05) is 12.8 Å². The summed E-state index contributed by atoms with van der Waals surface area (Å²) < 4.78 is 35.0. The van der Waals surface area contributed by atoms with E-state index in [2.05, 4.69) is 20.1 Å². The molecule has 0 fully saturated rings. The molecule has 0 aliphatic rings. The summed E-state index contributed by atoms with van der Waals surface area (Å²) in [6.45, 7) is 0. The van der Waals surface area contributed by atoms with Gasteiger partial charge in [-0.3, -0.25) is 28.5 Å². The zero-order valence-electron chi connectivity index (χ0n) is 23.2. The molecule has 0 saturated heterocycles. The number of nitrogens with two attached hydrogens (primary N) is 1. The van der Waals surface area contributed by atoms with Gasteiger partial charge in [0.05, 0.1) is 18.9 Å². The van der Waals surface area contributed by atoms with Crippen molar-refractivity contribution in [2.45, 2.75) is 49.9 Å². The number of carboxylic acid groups (broad SMARTS) is 3. The van der Waals surface area contributed by atoms with Gasteiger partial charge in [-0.15, -0.1) is 0 Å². The van der Waals surface area contributed by atoms with Crippen LogP contribution in [-0.2, 0) is 52.0 Å². The Hall–Kier alpha value is -5.27. The van der Waals surface area contributed by atoms with E-state index in [1.165, 1.54) is 36.4 Å². The van der Waals surface area contributed by atoms with Crippen LogP contribution in [0.25, 0.3) is 0 Å². The standard InChI is InChI=1S/C26H30N4O14S/c27-17(11-21(32)33)23(36)28-18(9-14-3-7-16(8-4-14)44-45(41,42)43)24(37)29-19(12-22(34)35)25(38)30-20(26(39)40)10-13-1-5-15(31)6-2-13/h1-8,17-20,31H,9-12,27H2,(H,28,36)(H,29,37)(H,30,38)(H,32,33)(H,34,35)(H,39,40)(H,41,42,43)/t17-,18-,19-,20-/m0/s1. The maximum atomic E-state index is 13.3. The van der Waals surface area contributed by atoms with E-state index in [1.807, 2.05) is 0 Å². The molecule has 0 bridgehead atoms. The molecule has 2 rings (SSSR count). The van der Waals surface area contributed by atoms with Crippen molar-refractivity contribution in [1.82, 2.24) is 16.0 Å². The molecule has 0 aromatic heterocycles. The van der Waals surface area contributed by atoms with Crippen molar-refractivity contribution < 1.29 is 66.3 Å². The van der Waals surface area contributed by atoms with Crippen molar-refractivity contribution in [3.05, 3.63) is 59.7 Å². The number of carbonyl (C=O) groups excluding carboxylic acids is 3. The van der Waals surface area contributed by atoms with E-state index < -0.39 is 83.0 Å². The van der Waals surface area contributed by atoms with Crippen molar-refractivity contribution in [2.75, 3.05) is 0 Å². The lowest BCUT2D eigenvalue weighted by Crippen LogP contribution is -2.58. The highest BCUT2D eigenvalue weighted by Crippen LogP contribution is 2.16. The minimum Gasteiger partial charge on any atom is -0.508 e. The number of rotatable bonds is 17. The fourth-order valence-corrected chi connectivity index (χ4v) is 4.16. The Morgan fingerprint density at radius 2 is 1.13 bits per heavy atom. The molecule has 18 nitrogen and oxygen atoms in total. The van der Waals surface area contributed by atoms with E-state index in [9.17, 15) is 52.5 Å². The number of carboxylic acids is 3. The monoisotopic (exact) mass is 654 g/mol. The largest absolute Gasteiger partial charge is 0.508 e. The number of aliphatic carboxylic acids is 3. The van der Waals surface area contributed by atoms with E-state index in [0.717, 1.165) is 12.1 Å². The highest BCUT2D eigenvalue weighted by Gasteiger charge is 2.32. The molecule has 3 amide bonds. The number of hydrogen-bond acceptors (Lipinski definition) is 11. The van der Waals surface area contributed by atoms with E-state index in [4.69, 9.17) is 15.4 Å². The normalized spacial score (nSPS) is 13.7. The highest BCUT2D eigenvalue weighted by molar-refractivity contribution is 7.81. The maximum Gasteiger partial charge on any atom is 0.446 e. The third kappa shape index (κ3) is 12.9. The first kappa shape index (κ1) is 35.9. The zero-order chi connectivity index (χ0) is 33.9. The summed E-state index contributed by atoms with van der Waals surface area (Å²) in [6.07, 6.45) is -2.48. The summed E-state index contributed by atoms with van der Waals surface area (Å²) in [4.78, 5) is 73.2. The lowest BCUT2D eigenvalue weighted by Gasteiger charge is -2.24. The molecule has 45 heavy (non-hydrogen) atoms. The topological polar surface area (TPSA) is 309 Å². The molecular formula is C26H30N4O14S. The second-order valence-electron chi connectivity index (χ2n) is 9.55. The van der Waals surface area contributed by atoms with Gasteiger partial charge in [-0.25, -0.2) is 4.79 Å². The summed E-state index contributed by atoms with van der Waals surface area (Å²) >= 11 is 0. The Labute approximate surface area is 255 Å². The lowest BCUT2D eigenvalue weighted by molar-refractivity contribution is -0.143. The predicted molar refractivity (Wildman–Crippen MR) is 150 cm³/mol. The van der Waals surface area contributed by atoms with Crippen LogP contribution < -0.4 is 25.9 Å². The van der Waals surface area contributed by atoms with Crippen LogP contribution in [-0.4, -0.2) is 93.2 Å². The average Bonchev–Trinajstić information content (AvgIpc) is 2.92. The maximum absolute atomic E-state index is 13.3. The molecule has 0 radical (unpaired) electrons. The number of phenols is 1. The van der Waals surface area contributed by atoms with Crippen LogP contribution in [0.15, 0.2) is 48.5 Å². The first-order chi connectivity index (χ1) is 20.9. The molecule has 0 heterocycles. The number of nitrogens with one attached hydrogen (secondary N) is 3.